The van der Waals surface area contributed by atoms with Crippen LogP contribution in [0.3, 0.4) is 0 Å². The number of benzene rings is 2. The lowest BCUT2D eigenvalue weighted by molar-refractivity contribution is 0.687. The van der Waals surface area contributed by atoms with E-state index >= 15 is 0 Å². The summed E-state index contributed by atoms with van der Waals surface area (Å²) in [6.45, 7) is 1.84. The molecule has 0 saturated carbocycles. The molecular weight excluding hydrogens is 280 g/mol. The summed E-state index contributed by atoms with van der Waals surface area (Å²) in [5.41, 5.74) is 2.60. The van der Waals surface area contributed by atoms with Crippen molar-refractivity contribution in [3.8, 4) is 0 Å². The maximum Gasteiger partial charge on any atom is 0.0406 e. The summed E-state index contributed by atoms with van der Waals surface area (Å²) in [4.78, 5) is 4.13. The van der Waals surface area contributed by atoms with Crippen molar-refractivity contribution in [1.29, 1.82) is 0 Å². The topological polar surface area (TPSA) is 24.9 Å². The van der Waals surface area contributed by atoms with Crippen LogP contribution in [-0.2, 0) is 13.0 Å². The zero-order chi connectivity index (χ0) is 14.5. The maximum atomic E-state index is 5.88. The molecule has 0 unspecified atom stereocenters. The summed E-state index contributed by atoms with van der Waals surface area (Å²) in [5.74, 6) is 0. The monoisotopic (exact) mass is 296 g/mol. The summed E-state index contributed by atoms with van der Waals surface area (Å²) in [5, 5.41) is 6.69. The first-order valence-electron chi connectivity index (χ1n) is 7.09. The van der Waals surface area contributed by atoms with Crippen molar-refractivity contribution < 1.29 is 0 Å². The van der Waals surface area contributed by atoms with Gasteiger partial charge in [0.2, 0.25) is 0 Å². The summed E-state index contributed by atoms with van der Waals surface area (Å²) in [6, 6.07) is 16.6. The van der Waals surface area contributed by atoms with Crippen LogP contribution in [0.2, 0.25) is 5.02 Å². The molecule has 0 amide bonds. The largest absolute Gasteiger partial charge is 0.312 e. The number of hydrogen-bond donors (Lipinski definition) is 1. The van der Waals surface area contributed by atoms with Crippen molar-refractivity contribution in [3.05, 3.63) is 77.1 Å². The van der Waals surface area contributed by atoms with Gasteiger partial charge in [0.05, 0.1) is 0 Å². The first-order chi connectivity index (χ1) is 10.3. The highest BCUT2D eigenvalue weighted by Crippen LogP contribution is 2.14. The number of rotatable bonds is 5. The molecule has 0 atom stereocenters. The minimum Gasteiger partial charge on any atom is -0.312 e. The van der Waals surface area contributed by atoms with E-state index in [0.717, 1.165) is 24.5 Å². The van der Waals surface area contributed by atoms with Gasteiger partial charge in [-0.05, 0) is 53.7 Å². The zero-order valence-electron chi connectivity index (χ0n) is 11.7. The molecule has 0 spiro atoms. The van der Waals surface area contributed by atoms with Crippen molar-refractivity contribution in [1.82, 2.24) is 10.3 Å². The minimum atomic E-state index is 0.789. The van der Waals surface area contributed by atoms with E-state index in [-0.39, 0.29) is 0 Å². The molecule has 0 aliphatic rings. The van der Waals surface area contributed by atoms with Gasteiger partial charge >= 0.3 is 0 Å². The van der Waals surface area contributed by atoms with Crippen molar-refractivity contribution in [2.45, 2.75) is 13.0 Å². The van der Waals surface area contributed by atoms with Crippen LogP contribution in [0.1, 0.15) is 11.1 Å². The Labute approximate surface area is 129 Å². The van der Waals surface area contributed by atoms with Crippen LogP contribution in [0.25, 0.3) is 10.8 Å². The molecule has 1 heterocycles. The highest BCUT2D eigenvalue weighted by Gasteiger charge is 1.97. The molecule has 0 fully saturated rings. The van der Waals surface area contributed by atoms with E-state index < -0.39 is 0 Å². The SMILES string of the molecule is Clc1ccc(CCNCc2ccc3cnccc3c2)cc1. The molecule has 3 heteroatoms. The normalized spacial score (nSPS) is 10.9. The van der Waals surface area contributed by atoms with Crippen LogP contribution in [0, 0.1) is 0 Å². The fourth-order valence-corrected chi connectivity index (χ4v) is 2.49. The van der Waals surface area contributed by atoms with Crippen LogP contribution >= 0.6 is 11.6 Å². The standard InChI is InChI=1S/C18H17ClN2/c19-18-5-2-14(3-6-18)7-9-20-12-15-1-4-17-13-21-10-8-16(17)11-15/h1-6,8,10-11,13,20H,7,9,12H2. The van der Waals surface area contributed by atoms with E-state index in [0.29, 0.717) is 0 Å². The van der Waals surface area contributed by atoms with E-state index in [1.54, 1.807) is 0 Å². The van der Waals surface area contributed by atoms with Crippen LogP contribution in [-0.4, -0.2) is 11.5 Å². The van der Waals surface area contributed by atoms with Crippen molar-refractivity contribution >= 4 is 22.4 Å². The average molecular weight is 297 g/mol. The number of nitrogens with zero attached hydrogens (tertiary/aromatic N) is 1. The number of nitrogens with one attached hydrogen (secondary N) is 1. The number of fused-ring (bicyclic) bond motifs is 1. The highest BCUT2D eigenvalue weighted by molar-refractivity contribution is 6.30. The first kappa shape index (κ1) is 14.1. The Bertz CT molecular complexity index is 723. The molecule has 1 aromatic heterocycles. The molecule has 3 aromatic rings. The quantitative estimate of drug-likeness (QED) is 0.713. The lowest BCUT2D eigenvalue weighted by Crippen LogP contribution is -2.16. The van der Waals surface area contributed by atoms with Gasteiger partial charge in [-0.25, -0.2) is 0 Å². The first-order valence-corrected chi connectivity index (χ1v) is 7.47. The van der Waals surface area contributed by atoms with Gasteiger partial charge in [0.15, 0.2) is 0 Å². The summed E-state index contributed by atoms with van der Waals surface area (Å²) >= 11 is 5.88. The minimum absolute atomic E-state index is 0.789. The Morgan fingerprint density at radius 2 is 1.71 bits per heavy atom. The zero-order valence-corrected chi connectivity index (χ0v) is 12.5. The number of hydrogen-bond acceptors (Lipinski definition) is 2. The third kappa shape index (κ3) is 3.81. The average Bonchev–Trinajstić information content (AvgIpc) is 2.53. The van der Waals surface area contributed by atoms with Crippen molar-refractivity contribution in [3.63, 3.8) is 0 Å². The summed E-state index contributed by atoms with van der Waals surface area (Å²) in [6.07, 6.45) is 4.74. The molecule has 2 nitrogen and oxygen atoms in total. The van der Waals surface area contributed by atoms with Crippen LogP contribution in [0.4, 0.5) is 0 Å². The van der Waals surface area contributed by atoms with Gasteiger partial charge in [0.1, 0.15) is 0 Å². The second-order valence-corrected chi connectivity index (χ2v) is 5.55. The molecule has 0 saturated heterocycles. The van der Waals surface area contributed by atoms with Gasteiger partial charge in [0.25, 0.3) is 0 Å². The lowest BCUT2D eigenvalue weighted by atomic mass is 10.1. The molecule has 0 aliphatic heterocycles. The van der Waals surface area contributed by atoms with Gasteiger partial charge in [-0.1, -0.05) is 35.9 Å². The Morgan fingerprint density at radius 3 is 2.57 bits per heavy atom. The molecular formula is C18H17ClN2. The van der Waals surface area contributed by atoms with Crippen LogP contribution in [0.15, 0.2) is 60.9 Å². The summed E-state index contributed by atoms with van der Waals surface area (Å²) in [7, 11) is 0. The van der Waals surface area contributed by atoms with Gasteiger partial charge < -0.3 is 5.32 Å². The smallest absolute Gasteiger partial charge is 0.0406 e. The van der Waals surface area contributed by atoms with E-state index in [1.165, 1.54) is 21.9 Å². The second-order valence-electron chi connectivity index (χ2n) is 5.11. The second kappa shape index (κ2) is 6.70. The van der Waals surface area contributed by atoms with E-state index in [9.17, 15) is 0 Å². The molecule has 21 heavy (non-hydrogen) atoms. The van der Waals surface area contributed by atoms with Crippen LogP contribution in [0.5, 0.6) is 0 Å². The molecule has 0 aliphatic carbocycles. The van der Waals surface area contributed by atoms with Gasteiger partial charge in [-0.2, -0.15) is 0 Å². The molecule has 0 radical (unpaired) electrons. The lowest BCUT2D eigenvalue weighted by Gasteiger charge is -2.06. The maximum absolute atomic E-state index is 5.88. The van der Waals surface area contributed by atoms with E-state index in [4.69, 9.17) is 11.6 Å². The molecule has 3 rings (SSSR count). The third-order valence-corrected chi connectivity index (χ3v) is 3.79. The Balaban J connectivity index is 1.53. The fourth-order valence-electron chi connectivity index (χ4n) is 2.36. The third-order valence-electron chi connectivity index (χ3n) is 3.54. The number of aromatic nitrogens is 1. The molecule has 0 bridgehead atoms. The summed E-state index contributed by atoms with van der Waals surface area (Å²) < 4.78 is 0. The molecule has 1 N–H and O–H groups in total. The Kier molecular flexibility index (Phi) is 4.49. The fraction of sp³-hybridized carbons (Fsp3) is 0.167. The highest BCUT2D eigenvalue weighted by atomic mass is 35.5. The van der Waals surface area contributed by atoms with Gasteiger partial charge in [0, 0.05) is 29.3 Å². The van der Waals surface area contributed by atoms with Gasteiger partial charge in [-0.3, -0.25) is 4.98 Å². The molecule has 106 valence electrons. The van der Waals surface area contributed by atoms with Crippen molar-refractivity contribution in [2.75, 3.05) is 6.54 Å². The van der Waals surface area contributed by atoms with Gasteiger partial charge in [-0.15, -0.1) is 0 Å². The van der Waals surface area contributed by atoms with E-state index in [1.807, 2.05) is 30.6 Å². The van der Waals surface area contributed by atoms with Crippen LogP contribution < -0.4 is 5.32 Å². The predicted octanol–water partition coefficient (Wildman–Crippen LogP) is 4.22. The number of halogens is 1. The number of pyridine rings is 1. The van der Waals surface area contributed by atoms with E-state index in [2.05, 4.69) is 40.6 Å². The molecule has 2 aromatic carbocycles. The predicted molar refractivity (Wildman–Crippen MR) is 88.6 cm³/mol. The Hall–Kier alpha value is -1.90. The Morgan fingerprint density at radius 1 is 0.905 bits per heavy atom. The van der Waals surface area contributed by atoms with Crippen molar-refractivity contribution in [2.24, 2.45) is 0 Å².